The van der Waals surface area contributed by atoms with Crippen molar-refractivity contribution < 1.29 is 38.7 Å². The van der Waals surface area contributed by atoms with E-state index in [1.807, 2.05) is 0 Å². The Morgan fingerprint density at radius 1 is 1.28 bits per heavy atom. The molecule has 1 aliphatic heterocycles. The lowest BCUT2D eigenvalue weighted by Crippen LogP contribution is -2.64. The average Bonchev–Trinajstić information content (AvgIpc) is 2.50. The Labute approximate surface area is 146 Å². The van der Waals surface area contributed by atoms with E-state index in [0.717, 1.165) is 0 Å². The smallest absolute Gasteiger partial charge is 0.326 e. The number of nitrogens with one attached hydrogen (secondary N) is 2. The van der Waals surface area contributed by atoms with Gasteiger partial charge in [-0.2, -0.15) is 0 Å². The molecule has 2 radical (unpaired) electrons. The van der Waals surface area contributed by atoms with Crippen LogP contribution in [0, 0.1) is 0 Å². The van der Waals surface area contributed by atoms with E-state index in [4.69, 9.17) is 27.3 Å². The lowest BCUT2D eigenvalue weighted by atomic mass is 9.96. The van der Waals surface area contributed by atoms with Gasteiger partial charge in [-0.25, -0.2) is 4.79 Å². The highest BCUT2D eigenvalue weighted by Gasteiger charge is 2.44. The van der Waals surface area contributed by atoms with Crippen molar-refractivity contribution in [3.8, 4) is 0 Å². The molecule has 140 valence electrons. The van der Waals surface area contributed by atoms with Crippen LogP contribution >= 0.6 is 0 Å². The van der Waals surface area contributed by atoms with E-state index in [1.54, 1.807) is 6.92 Å². The molecule has 1 aliphatic rings. The molecule has 1 heterocycles. The molecular weight excluding hydrogens is 335 g/mol. The molecule has 0 saturated carbocycles. The van der Waals surface area contributed by atoms with Crippen LogP contribution < -0.4 is 10.6 Å². The number of carbonyl (C=O) groups is 3. The maximum atomic E-state index is 11.4. The number of carboxylic acids is 1. The Morgan fingerprint density at radius 3 is 2.40 bits per heavy atom. The second-order valence-electron chi connectivity index (χ2n) is 5.78. The SMILES string of the molecule is [B]OC1C(O)C(C)OC(OCCC(NC(C)=O)C(=O)O)C1NC(C)=O. The Hall–Kier alpha value is -1.69. The normalized spacial score (nSPS) is 30.3. The molecular formula is C14H23BN2O8. The molecule has 10 nitrogen and oxygen atoms in total. The summed E-state index contributed by atoms with van der Waals surface area (Å²) in [6.45, 7) is 3.97. The van der Waals surface area contributed by atoms with Crippen LogP contribution in [0.1, 0.15) is 27.2 Å². The number of carbonyl (C=O) groups excluding carboxylic acids is 2. The molecule has 25 heavy (non-hydrogen) atoms. The third-order valence-corrected chi connectivity index (χ3v) is 3.70. The first-order valence-electron chi connectivity index (χ1n) is 7.75. The Balaban J connectivity index is 2.73. The number of amides is 2. The first kappa shape index (κ1) is 21.4. The molecule has 6 unspecified atom stereocenters. The molecule has 1 fully saturated rings. The summed E-state index contributed by atoms with van der Waals surface area (Å²) in [5.74, 6) is -2.09. The molecule has 0 aromatic heterocycles. The fourth-order valence-corrected chi connectivity index (χ4v) is 2.51. The van der Waals surface area contributed by atoms with Gasteiger partial charge in [-0.05, 0) is 6.92 Å². The summed E-state index contributed by atoms with van der Waals surface area (Å²) in [7, 11) is 5.21. The zero-order valence-electron chi connectivity index (χ0n) is 14.3. The molecule has 6 atom stereocenters. The summed E-state index contributed by atoms with van der Waals surface area (Å²) in [6.07, 6.45) is -3.78. The molecule has 0 aromatic carbocycles. The predicted octanol–water partition coefficient (Wildman–Crippen LogP) is -1.94. The van der Waals surface area contributed by atoms with Gasteiger partial charge in [0.25, 0.3) is 8.05 Å². The van der Waals surface area contributed by atoms with Crippen molar-refractivity contribution in [3.05, 3.63) is 0 Å². The monoisotopic (exact) mass is 358 g/mol. The number of aliphatic hydroxyl groups is 1. The molecule has 4 N–H and O–H groups in total. The fraction of sp³-hybridized carbons (Fsp3) is 0.786. The molecule has 0 aliphatic carbocycles. The van der Waals surface area contributed by atoms with Crippen molar-refractivity contribution in [2.45, 2.75) is 63.9 Å². The molecule has 0 bridgehead atoms. The third-order valence-electron chi connectivity index (χ3n) is 3.70. The van der Waals surface area contributed by atoms with Gasteiger partial charge in [-0.15, -0.1) is 0 Å². The van der Waals surface area contributed by atoms with Crippen molar-refractivity contribution in [3.63, 3.8) is 0 Å². The van der Waals surface area contributed by atoms with Gasteiger partial charge < -0.3 is 35.0 Å². The maximum Gasteiger partial charge on any atom is 0.326 e. The van der Waals surface area contributed by atoms with Crippen LogP contribution in [0.25, 0.3) is 0 Å². The number of rotatable bonds is 8. The van der Waals surface area contributed by atoms with Crippen molar-refractivity contribution in [1.29, 1.82) is 0 Å². The maximum absolute atomic E-state index is 11.4. The van der Waals surface area contributed by atoms with Crippen LogP contribution in [-0.4, -0.2) is 79.3 Å². The number of aliphatic carboxylic acids is 1. The summed E-state index contributed by atoms with van der Waals surface area (Å²) >= 11 is 0. The first-order valence-corrected chi connectivity index (χ1v) is 7.75. The van der Waals surface area contributed by atoms with Gasteiger partial charge in [-0.3, -0.25) is 9.59 Å². The number of carboxylic acid groups (broad SMARTS) is 1. The molecule has 2 amide bonds. The highest BCUT2D eigenvalue weighted by atomic mass is 16.7. The van der Waals surface area contributed by atoms with E-state index < -0.39 is 54.5 Å². The van der Waals surface area contributed by atoms with E-state index in [0.29, 0.717) is 0 Å². The van der Waals surface area contributed by atoms with Crippen LogP contribution in [0.15, 0.2) is 0 Å². The summed E-state index contributed by atoms with van der Waals surface area (Å²) in [4.78, 5) is 33.5. The lowest BCUT2D eigenvalue weighted by molar-refractivity contribution is -0.256. The van der Waals surface area contributed by atoms with Crippen LogP contribution in [0.2, 0.25) is 0 Å². The Kier molecular flexibility index (Phi) is 8.29. The second kappa shape index (κ2) is 9.71. The van der Waals surface area contributed by atoms with Crippen molar-refractivity contribution in [2.24, 2.45) is 0 Å². The Morgan fingerprint density at radius 2 is 1.92 bits per heavy atom. The third kappa shape index (κ3) is 6.27. The predicted molar refractivity (Wildman–Crippen MR) is 84.4 cm³/mol. The largest absolute Gasteiger partial charge is 0.480 e. The van der Waals surface area contributed by atoms with Crippen LogP contribution in [0.5, 0.6) is 0 Å². The lowest BCUT2D eigenvalue weighted by Gasteiger charge is -2.43. The Bertz CT molecular complexity index is 491. The summed E-state index contributed by atoms with van der Waals surface area (Å²) in [6, 6.07) is -2.01. The van der Waals surface area contributed by atoms with Gasteiger partial charge >= 0.3 is 5.97 Å². The number of hydrogen-bond donors (Lipinski definition) is 4. The minimum absolute atomic E-state index is 0.0212. The topological polar surface area (TPSA) is 143 Å². The van der Waals surface area contributed by atoms with E-state index in [1.165, 1.54) is 13.8 Å². The molecule has 0 aromatic rings. The summed E-state index contributed by atoms with van der Waals surface area (Å²) in [5, 5.41) is 23.9. The van der Waals surface area contributed by atoms with Crippen LogP contribution in [0.3, 0.4) is 0 Å². The minimum atomic E-state index is -1.20. The number of ether oxygens (including phenoxy) is 2. The van der Waals surface area contributed by atoms with Gasteiger partial charge in [0.05, 0.1) is 18.8 Å². The first-order chi connectivity index (χ1) is 11.7. The van der Waals surface area contributed by atoms with Gasteiger partial charge in [0.1, 0.15) is 18.2 Å². The number of hydrogen-bond acceptors (Lipinski definition) is 7. The molecule has 11 heteroatoms. The van der Waals surface area contributed by atoms with Gasteiger partial charge in [0, 0.05) is 20.3 Å². The van der Waals surface area contributed by atoms with Gasteiger partial charge in [0.15, 0.2) is 6.29 Å². The van der Waals surface area contributed by atoms with Crippen molar-refractivity contribution in [2.75, 3.05) is 6.61 Å². The van der Waals surface area contributed by atoms with E-state index in [9.17, 15) is 19.5 Å². The van der Waals surface area contributed by atoms with Crippen LogP contribution in [-0.2, 0) is 28.5 Å². The second-order valence-corrected chi connectivity index (χ2v) is 5.78. The summed E-state index contributed by atoms with van der Waals surface area (Å²) in [5.41, 5.74) is 0. The quantitative estimate of drug-likeness (QED) is 0.367. The highest BCUT2D eigenvalue weighted by molar-refractivity contribution is 5.98. The molecule has 0 spiro atoms. The van der Waals surface area contributed by atoms with Crippen LogP contribution in [0.4, 0.5) is 0 Å². The average molecular weight is 358 g/mol. The summed E-state index contributed by atoms with van der Waals surface area (Å²) < 4.78 is 15.8. The zero-order valence-corrected chi connectivity index (χ0v) is 14.3. The van der Waals surface area contributed by atoms with Crippen molar-refractivity contribution >= 4 is 25.8 Å². The minimum Gasteiger partial charge on any atom is -0.480 e. The van der Waals surface area contributed by atoms with Gasteiger partial charge in [-0.1, -0.05) is 0 Å². The zero-order chi connectivity index (χ0) is 19.1. The highest BCUT2D eigenvalue weighted by Crippen LogP contribution is 2.24. The standard InChI is InChI=1S/C14H23BN2O8/c1-6-11(20)12(25-15)10(17-8(3)19)14(24-6)23-5-4-9(13(21)22)16-7(2)18/h6,9-12,14,20H,4-5H2,1-3H3,(H,16,18)(H,17,19)(H,21,22). The number of aliphatic hydroxyl groups excluding tert-OH is 1. The molecule has 1 saturated heterocycles. The fourth-order valence-electron chi connectivity index (χ4n) is 2.51. The van der Waals surface area contributed by atoms with Gasteiger partial charge in [0.2, 0.25) is 11.8 Å². The van der Waals surface area contributed by atoms with E-state index >= 15 is 0 Å². The molecule has 1 rings (SSSR count). The van der Waals surface area contributed by atoms with Crippen molar-refractivity contribution in [1.82, 2.24) is 10.6 Å². The van der Waals surface area contributed by atoms with E-state index in [-0.39, 0.29) is 13.0 Å². The van der Waals surface area contributed by atoms with E-state index in [2.05, 4.69) is 10.6 Å².